The third kappa shape index (κ3) is 2.40. The number of hydrogen-bond acceptors (Lipinski definition) is 2. The number of fused-ring (bicyclic) bond motifs is 2. The Balaban J connectivity index is 1.96. The molecule has 1 nitrogen and oxygen atoms in total. The highest BCUT2D eigenvalue weighted by molar-refractivity contribution is 7.98. The Hall–Kier alpha value is 0.310. The average molecular weight is 255 g/mol. The molecule has 0 aliphatic heterocycles. The van der Waals surface area contributed by atoms with E-state index >= 15 is 0 Å². The summed E-state index contributed by atoms with van der Waals surface area (Å²) in [6.07, 6.45) is 6.56. The minimum Gasteiger partial charge on any atom is -0.313 e. The summed E-state index contributed by atoms with van der Waals surface area (Å²) in [5.41, 5.74) is 1.08. The largest absolute Gasteiger partial charge is 0.313 e. The molecule has 2 bridgehead atoms. The van der Waals surface area contributed by atoms with Gasteiger partial charge in [0.25, 0.3) is 0 Å². The van der Waals surface area contributed by atoms with Crippen LogP contribution in [-0.4, -0.2) is 24.6 Å². The molecule has 100 valence electrons. The predicted molar refractivity (Wildman–Crippen MR) is 78.6 cm³/mol. The molecule has 0 aromatic rings. The van der Waals surface area contributed by atoms with Gasteiger partial charge in [-0.2, -0.15) is 11.8 Å². The highest BCUT2D eigenvalue weighted by Gasteiger charge is 2.58. The van der Waals surface area contributed by atoms with Gasteiger partial charge in [0.2, 0.25) is 0 Å². The fourth-order valence-electron chi connectivity index (χ4n) is 4.47. The molecule has 2 rings (SSSR count). The second-order valence-corrected chi connectivity index (χ2v) is 8.23. The van der Waals surface area contributed by atoms with Crippen LogP contribution in [0.1, 0.15) is 47.0 Å². The Bertz CT molecular complexity index is 271. The maximum Gasteiger partial charge on any atom is 0.0175 e. The number of rotatable bonds is 5. The van der Waals surface area contributed by atoms with Gasteiger partial charge in [-0.15, -0.1) is 0 Å². The lowest BCUT2D eigenvalue weighted by Gasteiger charge is -2.43. The summed E-state index contributed by atoms with van der Waals surface area (Å²) >= 11 is 1.97. The van der Waals surface area contributed by atoms with Gasteiger partial charge in [-0.05, 0) is 60.5 Å². The van der Waals surface area contributed by atoms with E-state index < -0.39 is 0 Å². The fraction of sp³-hybridized carbons (Fsp3) is 1.00. The molecule has 0 radical (unpaired) electrons. The fourth-order valence-corrected chi connectivity index (χ4v) is 5.16. The first kappa shape index (κ1) is 13.7. The minimum atomic E-state index is 0.506. The lowest BCUT2D eigenvalue weighted by atomic mass is 9.68. The van der Waals surface area contributed by atoms with E-state index in [-0.39, 0.29) is 0 Å². The van der Waals surface area contributed by atoms with Crippen molar-refractivity contribution in [2.24, 2.45) is 22.7 Å². The molecule has 2 aliphatic carbocycles. The molecule has 2 fully saturated rings. The summed E-state index contributed by atoms with van der Waals surface area (Å²) in [5, 5.41) is 3.92. The maximum absolute atomic E-state index is 3.92. The Labute approximate surface area is 112 Å². The van der Waals surface area contributed by atoms with Crippen molar-refractivity contribution in [3.8, 4) is 0 Å². The van der Waals surface area contributed by atoms with E-state index in [1.165, 1.54) is 31.6 Å². The van der Waals surface area contributed by atoms with Crippen LogP contribution in [0.15, 0.2) is 0 Å². The second-order valence-electron chi connectivity index (χ2n) is 7.32. The van der Waals surface area contributed by atoms with E-state index in [4.69, 9.17) is 0 Å². The molecule has 2 unspecified atom stereocenters. The maximum atomic E-state index is 3.92. The Kier molecular flexibility index (Phi) is 3.85. The van der Waals surface area contributed by atoms with Crippen molar-refractivity contribution in [1.29, 1.82) is 0 Å². The molecular weight excluding hydrogens is 226 g/mol. The zero-order valence-corrected chi connectivity index (χ0v) is 13.0. The molecule has 1 N–H and O–H groups in total. The van der Waals surface area contributed by atoms with Crippen LogP contribution in [0.25, 0.3) is 0 Å². The summed E-state index contributed by atoms with van der Waals surface area (Å²) in [6, 6.07) is 0.734. The van der Waals surface area contributed by atoms with Crippen LogP contribution in [0.3, 0.4) is 0 Å². The molecule has 0 aromatic heterocycles. The van der Waals surface area contributed by atoms with E-state index in [2.05, 4.69) is 39.3 Å². The summed E-state index contributed by atoms with van der Waals surface area (Å²) in [6.45, 7) is 11.0. The quantitative estimate of drug-likeness (QED) is 0.802. The van der Waals surface area contributed by atoms with Crippen LogP contribution in [0.4, 0.5) is 0 Å². The molecular formula is C15H29NS. The minimum absolute atomic E-state index is 0.506. The summed E-state index contributed by atoms with van der Waals surface area (Å²) in [5.74, 6) is 3.03. The van der Waals surface area contributed by atoms with E-state index in [0.717, 1.165) is 17.9 Å². The highest BCUT2D eigenvalue weighted by Crippen LogP contribution is 2.62. The first-order valence-electron chi connectivity index (χ1n) is 7.12. The van der Waals surface area contributed by atoms with Crippen molar-refractivity contribution in [2.75, 3.05) is 18.6 Å². The molecule has 0 amide bonds. The lowest BCUT2D eigenvalue weighted by molar-refractivity contribution is 0.107. The van der Waals surface area contributed by atoms with E-state index in [9.17, 15) is 0 Å². The van der Waals surface area contributed by atoms with Crippen molar-refractivity contribution in [1.82, 2.24) is 5.32 Å². The standard InChI is InChI=1S/C15H29NS/c1-11(10-17-5)9-16-13-14(2,3)12-6-7-15(13,4)8-12/h11-13,16H,6-10H2,1-5H3/t11?,12-,13?,15+/m0/s1. The van der Waals surface area contributed by atoms with Gasteiger partial charge in [-0.25, -0.2) is 0 Å². The van der Waals surface area contributed by atoms with Gasteiger partial charge in [0.05, 0.1) is 0 Å². The number of nitrogens with one attached hydrogen (secondary N) is 1. The second kappa shape index (κ2) is 4.77. The molecule has 0 aromatic carbocycles. The smallest absolute Gasteiger partial charge is 0.0175 e. The first-order chi connectivity index (χ1) is 7.90. The molecule has 0 spiro atoms. The van der Waals surface area contributed by atoms with Gasteiger partial charge in [-0.1, -0.05) is 27.7 Å². The number of thioether (sulfide) groups is 1. The number of hydrogen-bond donors (Lipinski definition) is 1. The summed E-state index contributed by atoms with van der Waals surface area (Å²) in [4.78, 5) is 0. The topological polar surface area (TPSA) is 12.0 Å². The molecule has 2 saturated carbocycles. The molecule has 4 atom stereocenters. The zero-order chi connectivity index (χ0) is 12.7. The Morgan fingerprint density at radius 2 is 2.06 bits per heavy atom. The average Bonchev–Trinajstić information content (AvgIpc) is 2.69. The van der Waals surface area contributed by atoms with Crippen LogP contribution in [-0.2, 0) is 0 Å². The van der Waals surface area contributed by atoms with Crippen molar-refractivity contribution >= 4 is 11.8 Å². The van der Waals surface area contributed by atoms with Crippen molar-refractivity contribution in [3.05, 3.63) is 0 Å². The monoisotopic (exact) mass is 255 g/mol. The van der Waals surface area contributed by atoms with Gasteiger partial charge < -0.3 is 5.32 Å². The summed E-state index contributed by atoms with van der Waals surface area (Å²) in [7, 11) is 0. The molecule has 17 heavy (non-hydrogen) atoms. The van der Waals surface area contributed by atoms with Crippen LogP contribution < -0.4 is 5.32 Å². The van der Waals surface area contributed by atoms with Crippen LogP contribution in [0, 0.1) is 22.7 Å². The van der Waals surface area contributed by atoms with Gasteiger partial charge in [0, 0.05) is 6.04 Å². The van der Waals surface area contributed by atoms with E-state index in [1.807, 2.05) is 11.8 Å². The zero-order valence-electron chi connectivity index (χ0n) is 12.2. The summed E-state index contributed by atoms with van der Waals surface area (Å²) < 4.78 is 0. The van der Waals surface area contributed by atoms with E-state index in [0.29, 0.717) is 10.8 Å². The normalized spacial score (nSPS) is 40.8. The first-order valence-corrected chi connectivity index (χ1v) is 8.52. The molecule has 0 heterocycles. The Morgan fingerprint density at radius 1 is 1.35 bits per heavy atom. The molecule has 2 aliphatic rings. The van der Waals surface area contributed by atoms with Gasteiger partial charge >= 0.3 is 0 Å². The van der Waals surface area contributed by atoms with Crippen LogP contribution in [0.5, 0.6) is 0 Å². The third-order valence-corrected chi connectivity index (χ3v) is 6.29. The van der Waals surface area contributed by atoms with Crippen LogP contribution in [0.2, 0.25) is 0 Å². The third-order valence-electron chi connectivity index (χ3n) is 5.39. The van der Waals surface area contributed by atoms with E-state index in [1.54, 1.807) is 0 Å². The van der Waals surface area contributed by atoms with Gasteiger partial charge in [-0.3, -0.25) is 0 Å². The predicted octanol–water partition coefficient (Wildman–Crippen LogP) is 3.79. The molecule has 2 heteroatoms. The molecule has 0 saturated heterocycles. The van der Waals surface area contributed by atoms with Crippen molar-refractivity contribution in [2.45, 2.75) is 53.0 Å². The van der Waals surface area contributed by atoms with Crippen molar-refractivity contribution < 1.29 is 0 Å². The van der Waals surface area contributed by atoms with Crippen molar-refractivity contribution in [3.63, 3.8) is 0 Å². The van der Waals surface area contributed by atoms with Gasteiger partial charge in [0.1, 0.15) is 0 Å². The van der Waals surface area contributed by atoms with Gasteiger partial charge in [0.15, 0.2) is 0 Å². The SMILES string of the molecule is CSCC(C)CNC1C(C)(C)[C@H]2CC[C@]1(C)C2. The highest BCUT2D eigenvalue weighted by atomic mass is 32.2. The lowest BCUT2D eigenvalue weighted by Crippen LogP contribution is -2.51. The van der Waals surface area contributed by atoms with Crippen LogP contribution >= 0.6 is 11.8 Å². The Morgan fingerprint density at radius 3 is 2.59 bits per heavy atom.